The van der Waals surface area contributed by atoms with Crippen LogP contribution in [0.25, 0.3) is 11.1 Å². The Hall–Kier alpha value is -2.24. The van der Waals surface area contributed by atoms with Crippen molar-refractivity contribution in [1.82, 2.24) is 10.3 Å². The van der Waals surface area contributed by atoms with Crippen molar-refractivity contribution < 1.29 is 14.6 Å². The van der Waals surface area contributed by atoms with E-state index >= 15 is 0 Å². The topological polar surface area (TPSA) is 71.5 Å². The number of nitrogens with one attached hydrogen (secondary N) is 1. The van der Waals surface area contributed by atoms with E-state index in [1.165, 1.54) is 0 Å². The molecular formula is C18H22N2O3. The van der Waals surface area contributed by atoms with Gasteiger partial charge in [-0.05, 0) is 37.6 Å². The molecule has 0 saturated heterocycles. The van der Waals surface area contributed by atoms with E-state index in [2.05, 4.69) is 10.3 Å². The summed E-state index contributed by atoms with van der Waals surface area (Å²) in [4.78, 5) is 16.3. The first-order valence-corrected chi connectivity index (χ1v) is 7.67. The molecule has 1 atom stereocenters. The van der Waals surface area contributed by atoms with Crippen LogP contribution in [0.3, 0.4) is 0 Å². The van der Waals surface area contributed by atoms with Crippen LogP contribution in [0.4, 0.5) is 0 Å². The molecule has 2 N–H and O–H groups in total. The van der Waals surface area contributed by atoms with Crippen LogP contribution >= 0.6 is 0 Å². The zero-order valence-corrected chi connectivity index (χ0v) is 13.5. The molecule has 2 aromatic rings. The highest BCUT2D eigenvalue weighted by Gasteiger charge is 2.09. The monoisotopic (exact) mass is 314 g/mol. The number of aliphatic hydroxyl groups excluding tert-OH is 1. The molecule has 0 fully saturated rings. The zero-order chi connectivity index (χ0) is 16.7. The van der Waals surface area contributed by atoms with Crippen molar-refractivity contribution >= 4 is 5.91 Å². The Kier molecular flexibility index (Phi) is 6.26. The molecule has 0 aliphatic rings. The Morgan fingerprint density at radius 1 is 1.22 bits per heavy atom. The molecule has 1 aromatic carbocycles. The Morgan fingerprint density at radius 2 is 1.91 bits per heavy atom. The maximum absolute atomic E-state index is 12.0. The molecule has 0 radical (unpaired) electrons. The first-order valence-electron chi connectivity index (χ1n) is 7.67. The van der Waals surface area contributed by atoms with Crippen molar-refractivity contribution in [2.45, 2.75) is 20.0 Å². The van der Waals surface area contributed by atoms with Gasteiger partial charge in [0, 0.05) is 36.2 Å². The predicted octanol–water partition coefficient (Wildman–Crippen LogP) is 2.18. The highest BCUT2D eigenvalue weighted by molar-refractivity contribution is 5.94. The summed E-state index contributed by atoms with van der Waals surface area (Å²) in [6.07, 6.45) is 1.12. The van der Waals surface area contributed by atoms with Gasteiger partial charge in [-0.25, -0.2) is 0 Å². The van der Waals surface area contributed by atoms with Gasteiger partial charge in [0.1, 0.15) is 0 Å². The quantitative estimate of drug-likeness (QED) is 0.822. The number of ether oxygens (including phenoxy) is 1. The second-order valence-corrected chi connectivity index (χ2v) is 5.29. The van der Waals surface area contributed by atoms with Gasteiger partial charge in [0.2, 0.25) is 0 Å². The van der Waals surface area contributed by atoms with E-state index in [-0.39, 0.29) is 19.1 Å². The molecular weight excluding hydrogens is 292 g/mol. The van der Waals surface area contributed by atoms with Crippen molar-refractivity contribution in [3.8, 4) is 11.1 Å². The normalized spacial score (nSPS) is 12.0. The molecule has 122 valence electrons. The number of aliphatic hydroxyl groups is 1. The van der Waals surface area contributed by atoms with Gasteiger partial charge in [-0.1, -0.05) is 18.2 Å². The van der Waals surface area contributed by atoms with E-state index in [4.69, 9.17) is 4.74 Å². The van der Waals surface area contributed by atoms with Crippen LogP contribution in [0.2, 0.25) is 0 Å². The Bertz CT molecular complexity index is 624. The molecule has 23 heavy (non-hydrogen) atoms. The third kappa shape index (κ3) is 5.16. The van der Waals surface area contributed by atoms with Crippen LogP contribution in [0, 0.1) is 6.92 Å². The van der Waals surface area contributed by atoms with Gasteiger partial charge in [-0.2, -0.15) is 0 Å². The van der Waals surface area contributed by atoms with Crippen LogP contribution in [-0.4, -0.2) is 41.9 Å². The van der Waals surface area contributed by atoms with Crippen LogP contribution in [0.15, 0.2) is 42.6 Å². The molecule has 2 rings (SSSR count). The fourth-order valence-corrected chi connectivity index (χ4v) is 2.08. The number of hydrogen-bond acceptors (Lipinski definition) is 4. The van der Waals surface area contributed by atoms with Crippen molar-refractivity contribution in [1.29, 1.82) is 0 Å². The third-order valence-corrected chi connectivity index (χ3v) is 3.40. The van der Waals surface area contributed by atoms with E-state index in [1.807, 2.05) is 44.3 Å². The number of hydrogen-bond donors (Lipinski definition) is 2. The van der Waals surface area contributed by atoms with E-state index in [0.717, 1.165) is 16.8 Å². The summed E-state index contributed by atoms with van der Waals surface area (Å²) in [5.41, 5.74) is 3.54. The lowest BCUT2D eigenvalue weighted by Gasteiger charge is -2.12. The minimum Gasteiger partial charge on any atom is -0.389 e. The van der Waals surface area contributed by atoms with Crippen LogP contribution in [-0.2, 0) is 4.74 Å². The largest absolute Gasteiger partial charge is 0.389 e. The Balaban J connectivity index is 1.93. The summed E-state index contributed by atoms with van der Waals surface area (Å²) >= 11 is 0. The summed E-state index contributed by atoms with van der Waals surface area (Å²) in [6.45, 7) is 4.73. The van der Waals surface area contributed by atoms with Crippen molar-refractivity contribution in [2.24, 2.45) is 0 Å². The lowest BCUT2D eigenvalue weighted by molar-refractivity contribution is 0.0418. The fraction of sp³-hybridized carbons (Fsp3) is 0.333. The van der Waals surface area contributed by atoms with E-state index in [0.29, 0.717) is 12.2 Å². The van der Waals surface area contributed by atoms with E-state index < -0.39 is 6.10 Å². The number of rotatable bonds is 7. The average molecular weight is 314 g/mol. The lowest BCUT2D eigenvalue weighted by atomic mass is 10.1. The van der Waals surface area contributed by atoms with Gasteiger partial charge in [0.15, 0.2) is 0 Å². The molecule has 0 bridgehead atoms. The number of carbonyl (C=O) groups is 1. The summed E-state index contributed by atoms with van der Waals surface area (Å²) in [6, 6.07) is 11.3. The Labute approximate surface area is 136 Å². The van der Waals surface area contributed by atoms with Crippen LogP contribution in [0.5, 0.6) is 0 Å². The molecule has 5 heteroatoms. The number of benzene rings is 1. The number of nitrogens with zero attached hydrogens (tertiary/aromatic N) is 1. The van der Waals surface area contributed by atoms with Gasteiger partial charge in [-0.3, -0.25) is 9.78 Å². The molecule has 1 heterocycles. The highest BCUT2D eigenvalue weighted by Crippen LogP contribution is 2.19. The van der Waals surface area contributed by atoms with Gasteiger partial charge in [0.05, 0.1) is 12.7 Å². The standard InChI is InChI=1S/C18H22N2O3/c1-3-23-12-17(21)11-20-18(22)15-8-6-14(7-9-15)16-5-4-13(2)19-10-16/h4-10,17,21H,3,11-12H2,1-2H3,(H,20,22)/t17-/m0/s1. The SMILES string of the molecule is CCOC[C@@H](O)CNC(=O)c1ccc(-c2ccc(C)nc2)cc1. The first kappa shape index (κ1) is 17.1. The van der Waals surface area contributed by atoms with Gasteiger partial charge < -0.3 is 15.2 Å². The number of carbonyl (C=O) groups excluding carboxylic acids is 1. The highest BCUT2D eigenvalue weighted by atomic mass is 16.5. The number of amides is 1. The minimum absolute atomic E-state index is 0.169. The van der Waals surface area contributed by atoms with Crippen molar-refractivity contribution in [3.63, 3.8) is 0 Å². The summed E-state index contributed by atoms with van der Waals surface area (Å²) in [7, 11) is 0. The molecule has 0 spiro atoms. The number of pyridine rings is 1. The van der Waals surface area contributed by atoms with Gasteiger partial charge in [-0.15, -0.1) is 0 Å². The molecule has 1 amide bonds. The number of aryl methyl sites for hydroxylation is 1. The fourth-order valence-electron chi connectivity index (χ4n) is 2.08. The van der Waals surface area contributed by atoms with Crippen molar-refractivity contribution in [2.75, 3.05) is 19.8 Å². The molecule has 0 saturated carbocycles. The second kappa shape index (κ2) is 8.41. The molecule has 5 nitrogen and oxygen atoms in total. The minimum atomic E-state index is -0.697. The predicted molar refractivity (Wildman–Crippen MR) is 89.2 cm³/mol. The third-order valence-electron chi connectivity index (χ3n) is 3.40. The van der Waals surface area contributed by atoms with Crippen LogP contribution < -0.4 is 5.32 Å². The maximum atomic E-state index is 12.0. The van der Waals surface area contributed by atoms with E-state index in [1.54, 1.807) is 12.1 Å². The van der Waals surface area contributed by atoms with E-state index in [9.17, 15) is 9.90 Å². The lowest BCUT2D eigenvalue weighted by Crippen LogP contribution is -2.34. The second-order valence-electron chi connectivity index (χ2n) is 5.29. The molecule has 1 aromatic heterocycles. The Morgan fingerprint density at radius 3 is 2.52 bits per heavy atom. The van der Waals surface area contributed by atoms with Crippen molar-refractivity contribution in [3.05, 3.63) is 53.9 Å². The molecule has 0 aliphatic carbocycles. The van der Waals surface area contributed by atoms with Gasteiger partial charge >= 0.3 is 0 Å². The molecule has 0 aliphatic heterocycles. The maximum Gasteiger partial charge on any atom is 0.251 e. The zero-order valence-electron chi connectivity index (χ0n) is 13.5. The summed E-state index contributed by atoms with van der Waals surface area (Å²) in [5, 5.41) is 12.3. The first-order chi connectivity index (χ1) is 11.1. The summed E-state index contributed by atoms with van der Waals surface area (Å²) in [5.74, 6) is -0.214. The van der Waals surface area contributed by atoms with Gasteiger partial charge in [0.25, 0.3) is 5.91 Å². The number of aromatic nitrogens is 1. The average Bonchev–Trinajstić information content (AvgIpc) is 2.58. The van der Waals surface area contributed by atoms with Crippen LogP contribution in [0.1, 0.15) is 23.0 Å². The molecule has 0 unspecified atom stereocenters. The summed E-state index contributed by atoms with van der Waals surface area (Å²) < 4.78 is 5.10. The smallest absolute Gasteiger partial charge is 0.251 e.